The van der Waals surface area contributed by atoms with Crippen LogP contribution in [0.1, 0.15) is 39.5 Å². The molecule has 0 aromatic rings. The van der Waals surface area contributed by atoms with E-state index in [4.69, 9.17) is 0 Å². The number of amides is 2. The van der Waals surface area contributed by atoms with E-state index in [9.17, 15) is 9.59 Å². The number of likely N-dealkylation sites (tertiary alicyclic amines) is 1. The van der Waals surface area contributed by atoms with Crippen LogP contribution < -0.4 is 10.6 Å². The fraction of sp³-hybridized carbons (Fsp3) is 0.875. The SMILES string of the molecule is CNC(=O)C1CCCN(C(=O)C(C)(C)C2CCCNC2)C1. The molecule has 0 radical (unpaired) electrons. The Balaban J connectivity index is 2.02. The zero-order valence-electron chi connectivity index (χ0n) is 13.6. The van der Waals surface area contributed by atoms with E-state index in [1.165, 1.54) is 0 Å². The second-order valence-corrected chi connectivity index (χ2v) is 6.97. The third-order valence-corrected chi connectivity index (χ3v) is 5.19. The van der Waals surface area contributed by atoms with Crippen molar-refractivity contribution in [2.75, 3.05) is 33.2 Å². The zero-order chi connectivity index (χ0) is 15.5. The molecule has 5 heteroatoms. The summed E-state index contributed by atoms with van der Waals surface area (Å²) in [7, 11) is 1.67. The molecule has 0 aliphatic carbocycles. The summed E-state index contributed by atoms with van der Waals surface area (Å²) in [5, 5.41) is 6.11. The Morgan fingerprint density at radius 3 is 2.62 bits per heavy atom. The Hall–Kier alpha value is -1.10. The van der Waals surface area contributed by atoms with E-state index in [0.29, 0.717) is 12.5 Å². The largest absolute Gasteiger partial charge is 0.359 e. The summed E-state index contributed by atoms with van der Waals surface area (Å²) >= 11 is 0. The van der Waals surface area contributed by atoms with Crippen LogP contribution in [0, 0.1) is 17.3 Å². The first-order chi connectivity index (χ1) is 9.96. The number of carbonyl (C=O) groups excluding carboxylic acids is 2. The summed E-state index contributed by atoms with van der Waals surface area (Å²) in [6, 6.07) is 0. The molecule has 2 fully saturated rings. The highest BCUT2D eigenvalue weighted by Crippen LogP contribution is 2.34. The predicted octanol–water partition coefficient (Wildman–Crippen LogP) is 0.997. The summed E-state index contributed by atoms with van der Waals surface area (Å²) in [6.07, 6.45) is 4.05. The van der Waals surface area contributed by atoms with Crippen molar-refractivity contribution in [3.8, 4) is 0 Å². The van der Waals surface area contributed by atoms with E-state index in [-0.39, 0.29) is 23.1 Å². The van der Waals surface area contributed by atoms with Crippen LogP contribution >= 0.6 is 0 Å². The summed E-state index contributed by atoms with van der Waals surface area (Å²) < 4.78 is 0. The zero-order valence-corrected chi connectivity index (χ0v) is 13.6. The lowest BCUT2D eigenvalue weighted by atomic mass is 9.73. The van der Waals surface area contributed by atoms with Gasteiger partial charge in [-0.05, 0) is 44.7 Å². The van der Waals surface area contributed by atoms with Gasteiger partial charge in [0.15, 0.2) is 0 Å². The maximum Gasteiger partial charge on any atom is 0.228 e. The van der Waals surface area contributed by atoms with Gasteiger partial charge in [-0.2, -0.15) is 0 Å². The second kappa shape index (κ2) is 6.77. The van der Waals surface area contributed by atoms with Crippen LogP contribution in [0.5, 0.6) is 0 Å². The van der Waals surface area contributed by atoms with Crippen molar-refractivity contribution >= 4 is 11.8 Å². The number of nitrogens with one attached hydrogen (secondary N) is 2. The fourth-order valence-corrected chi connectivity index (χ4v) is 3.63. The van der Waals surface area contributed by atoms with Gasteiger partial charge in [0, 0.05) is 25.6 Å². The van der Waals surface area contributed by atoms with Gasteiger partial charge in [0.2, 0.25) is 11.8 Å². The Bertz CT molecular complexity index is 389. The van der Waals surface area contributed by atoms with Crippen molar-refractivity contribution in [2.24, 2.45) is 17.3 Å². The number of hydrogen-bond acceptors (Lipinski definition) is 3. The van der Waals surface area contributed by atoms with E-state index in [1.54, 1.807) is 7.05 Å². The van der Waals surface area contributed by atoms with Gasteiger partial charge in [-0.1, -0.05) is 13.8 Å². The molecule has 0 saturated carbocycles. The van der Waals surface area contributed by atoms with E-state index in [0.717, 1.165) is 45.3 Å². The molecule has 2 unspecified atom stereocenters. The topological polar surface area (TPSA) is 61.4 Å². The van der Waals surface area contributed by atoms with Crippen LogP contribution in [-0.2, 0) is 9.59 Å². The average molecular weight is 295 g/mol. The quantitative estimate of drug-likeness (QED) is 0.816. The first-order valence-corrected chi connectivity index (χ1v) is 8.18. The molecule has 0 aromatic carbocycles. The normalized spacial score (nSPS) is 27.3. The minimum Gasteiger partial charge on any atom is -0.359 e. The molecule has 2 heterocycles. The molecule has 0 bridgehead atoms. The lowest BCUT2D eigenvalue weighted by molar-refractivity contribution is -0.146. The molecule has 5 nitrogen and oxygen atoms in total. The molecule has 0 spiro atoms. The van der Waals surface area contributed by atoms with Gasteiger partial charge in [0.25, 0.3) is 0 Å². The lowest BCUT2D eigenvalue weighted by Crippen LogP contribution is -2.52. The van der Waals surface area contributed by atoms with Crippen LogP contribution in [0.25, 0.3) is 0 Å². The van der Waals surface area contributed by atoms with Crippen molar-refractivity contribution < 1.29 is 9.59 Å². The minimum absolute atomic E-state index is 0.0482. The van der Waals surface area contributed by atoms with E-state index in [1.807, 2.05) is 4.90 Å². The molecule has 2 aliphatic rings. The van der Waals surface area contributed by atoms with E-state index < -0.39 is 0 Å². The monoisotopic (exact) mass is 295 g/mol. The summed E-state index contributed by atoms with van der Waals surface area (Å²) in [4.78, 5) is 26.7. The summed E-state index contributed by atoms with van der Waals surface area (Å²) in [5.41, 5.74) is -0.349. The maximum atomic E-state index is 12.9. The molecular formula is C16H29N3O2. The van der Waals surface area contributed by atoms with Crippen LogP contribution in [0.3, 0.4) is 0 Å². The molecule has 0 aromatic heterocycles. The Morgan fingerprint density at radius 2 is 2.00 bits per heavy atom. The van der Waals surface area contributed by atoms with Gasteiger partial charge in [-0.3, -0.25) is 9.59 Å². The molecule has 2 saturated heterocycles. The van der Waals surface area contributed by atoms with Crippen LogP contribution in [0.15, 0.2) is 0 Å². The lowest BCUT2D eigenvalue weighted by Gasteiger charge is -2.42. The van der Waals surface area contributed by atoms with Gasteiger partial charge in [0.05, 0.1) is 5.92 Å². The number of hydrogen-bond donors (Lipinski definition) is 2. The first kappa shape index (κ1) is 16.3. The highest BCUT2D eigenvalue weighted by atomic mass is 16.2. The minimum atomic E-state index is -0.349. The average Bonchev–Trinajstić information content (AvgIpc) is 2.54. The molecule has 2 amide bonds. The predicted molar refractivity (Wildman–Crippen MR) is 82.7 cm³/mol. The number of carbonyl (C=O) groups is 2. The number of nitrogens with zero attached hydrogens (tertiary/aromatic N) is 1. The van der Waals surface area contributed by atoms with Crippen molar-refractivity contribution in [2.45, 2.75) is 39.5 Å². The third kappa shape index (κ3) is 3.57. The highest BCUT2D eigenvalue weighted by Gasteiger charge is 2.41. The fourth-order valence-electron chi connectivity index (χ4n) is 3.63. The Morgan fingerprint density at radius 1 is 1.24 bits per heavy atom. The molecule has 120 valence electrons. The van der Waals surface area contributed by atoms with Crippen LogP contribution in [0.2, 0.25) is 0 Å². The van der Waals surface area contributed by atoms with Crippen molar-refractivity contribution in [3.63, 3.8) is 0 Å². The molecule has 2 atom stereocenters. The molecule has 2 rings (SSSR count). The van der Waals surface area contributed by atoms with Crippen molar-refractivity contribution in [1.29, 1.82) is 0 Å². The van der Waals surface area contributed by atoms with Gasteiger partial charge in [-0.15, -0.1) is 0 Å². The number of rotatable bonds is 3. The van der Waals surface area contributed by atoms with Gasteiger partial charge in [0.1, 0.15) is 0 Å². The highest BCUT2D eigenvalue weighted by molar-refractivity contribution is 5.84. The molecular weight excluding hydrogens is 266 g/mol. The summed E-state index contributed by atoms with van der Waals surface area (Å²) in [6.45, 7) is 7.47. The van der Waals surface area contributed by atoms with Crippen molar-refractivity contribution in [1.82, 2.24) is 15.5 Å². The van der Waals surface area contributed by atoms with E-state index in [2.05, 4.69) is 24.5 Å². The molecule has 21 heavy (non-hydrogen) atoms. The standard InChI is InChI=1S/C16H29N3O2/c1-16(2,13-7-4-8-18-10-13)15(21)19-9-5-6-12(11-19)14(20)17-3/h12-13,18H,4-11H2,1-3H3,(H,17,20). The van der Waals surface area contributed by atoms with Crippen LogP contribution in [-0.4, -0.2) is 49.9 Å². The van der Waals surface area contributed by atoms with Crippen molar-refractivity contribution in [3.05, 3.63) is 0 Å². The Labute approximate surface area is 127 Å². The first-order valence-electron chi connectivity index (χ1n) is 8.18. The van der Waals surface area contributed by atoms with Gasteiger partial charge >= 0.3 is 0 Å². The number of piperidine rings is 2. The van der Waals surface area contributed by atoms with Gasteiger partial charge in [-0.25, -0.2) is 0 Å². The second-order valence-electron chi connectivity index (χ2n) is 6.97. The van der Waals surface area contributed by atoms with Gasteiger partial charge < -0.3 is 15.5 Å². The molecule has 2 N–H and O–H groups in total. The maximum absolute atomic E-state index is 12.9. The Kier molecular flexibility index (Phi) is 5.25. The smallest absolute Gasteiger partial charge is 0.228 e. The van der Waals surface area contributed by atoms with Crippen LogP contribution in [0.4, 0.5) is 0 Å². The summed E-state index contributed by atoms with van der Waals surface area (Å²) in [5.74, 6) is 0.613. The third-order valence-electron chi connectivity index (χ3n) is 5.19. The molecule has 2 aliphatic heterocycles. The van der Waals surface area contributed by atoms with E-state index >= 15 is 0 Å².